The highest BCUT2D eigenvalue weighted by Gasteiger charge is 2.43. The van der Waals surface area contributed by atoms with Gasteiger partial charge in [-0.05, 0) is 65.1 Å². The third-order valence-electron chi connectivity index (χ3n) is 8.47. The quantitative estimate of drug-likeness (QED) is 0.344. The van der Waals surface area contributed by atoms with Crippen molar-refractivity contribution >= 4 is 28.5 Å². The molecule has 4 aromatic rings. The summed E-state index contributed by atoms with van der Waals surface area (Å²) in [4.78, 5) is 44.9. The summed E-state index contributed by atoms with van der Waals surface area (Å²) in [6, 6.07) is 25.6. The fourth-order valence-electron chi connectivity index (χ4n) is 6.25. The van der Waals surface area contributed by atoms with Crippen molar-refractivity contribution in [2.75, 3.05) is 13.3 Å². The van der Waals surface area contributed by atoms with E-state index in [0.29, 0.717) is 29.0 Å². The molecule has 0 aliphatic carbocycles. The van der Waals surface area contributed by atoms with Gasteiger partial charge in [-0.1, -0.05) is 60.7 Å². The Labute approximate surface area is 255 Å². The van der Waals surface area contributed by atoms with Crippen molar-refractivity contribution in [1.29, 1.82) is 5.26 Å². The molecule has 9 heteroatoms. The Morgan fingerprint density at radius 1 is 1.00 bits per heavy atom. The van der Waals surface area contributed by atoms with Crippen molar-refractivity contribution in [3.05, 3.63) is 107 Å². The van der Waals surface area contributed by atoms with E-state index in [2.05, 4.69) is 6.07 Å². The van der Waals surface area contributed by atoms with Gasteiger partial charge in [-0.2, -0.15) is 5.26 Å². The molecule has 44 heavy (non-hydrogen) atoms. The number of amides is 3. The molecule has 0 aromatic heterocycles. The summed E-state index contributed by atoms with van der Waals surface area (Å²) in [5.74, 6) is -0.109. The monoisotopic (exact) mass is 588 g/mol. The fraction of sp³-hybridized carbons (Fsp3) is 0.257. The highest BCUT2D eigenvalue weighted by atomic mass is 16.7. The summed E-state index contributed by atoms with van der Waals surface area (Å²) in [6.45, 7) is 2.26. The van der Waals surface area contributed by atoms with Crippen LogP contribution in [-0.4, -0.2) is 52.9 Å². The van der Waals surface area contributed by atoms with Gasteiger partial charge in [-0.3, -0.25) is 14.4 Å². The first kappa shape index (κ1) is 28.7. The van der Waals surface area contributed by atoms with Gasteiger partial charge in [-0.25, -0.2) is 0 Å². The van der Waals surface area contributed by atoms with Crippen molar-refractivity contribution in [3.63, 3.8) is 0 Å². The highest BCUT2D eigenvalue weighted by Crippen LogP contribution is 2.35. The van der Waals surface area contributed by atoms with Crippen molar-refractivity contribution in [2.24, 2.45) is 5.73 Å². The van der Waals surface area contributed by atoms with Gasteiger partial charge in [0.25, 0.3) is 5.91 Å². The first-order chi connectivity index (χ1) is 21.3. The predicted octanol–water partition coefficient (Wildman–Crippen LogP) is 4.27. The topological polar surface area (TPSA) is 126 Å². The summed E-state index contributed by atoms with van der Waals surface area (Å²) >= 11 is 0. The number of nitrogens with zero attached hydrogens (tertiary/aromatic N) is 3. The number of benzene rings is 4. The van der Waals surface area contributed by atoms with Crippen LogP contribution in [0.1, 0.15) is 41.6 Å². The van der Waals surface area contributed by atoms with E-state index >= 15 is 0 Å². The van der Waals surface area contributed by atoms with E-state index in [1.807, 2.05) is 49.4 Å². The average molecular weight is 589 g/mol. The second kappa shape index (κ2) is 12.1. The fourth-order valence-corrected chi connectivity index (χ4v) is 6.25. The lowest BCUT2D eigenvalue weighted by molar-refractivity contribution is -0.148. The van der Waals surface area contributed by atoms with Crippen LogP contribution in [0.2, 0.25) is 0 Å². The molecule has 0 bridgehead atoms. The van der Waals surface area contributed by atoms with E-state index in [4.69, 9.17) is 15.2 Å². The maximum absolute atomic E-state index is 14.6. The van der Waals surface area contributed by atoms with Gasteiger partial charge in [0.2, 0.25) is 18.6 Å². The molecule has 2 aliphatic heterocycles. The van der Waals surface area contributed by atoms with Crippen LogP contribution in [0, 0.1) is 11.3 Å². The van der Waals surface area contributed by atoms with Crippen molar-refractivity contribution in [3.8, 4) is 17.6 Å². The van der Waals surface area contributed by atoms with Gasteiger partial charge in [0, 0.05) is 19.0 Å². The minimum Gasteiger partial charge on any atom is -0.454 e. The zero-order valence-electron chi connectivity index (χ0n) is 24.3. The van der Waals surface area contributed by atoms with Gasteiger partial charge < -0.3 is 25.0 Å². The minimum absolute atomic E-state index is 0.0257. The third kappa shape index (κ3) is 5.54. The third-order valence-corrected chi connectivity index (χ3v) is 8.47. The second-order valence-electron chi connectivity index (χ2n) is 11.2. The minimum atomic E-state index is -1.06. The Morgan fingerprint density at radius 2 is 1.77 bits per heavy atom. The molecule has 0 unspecified atom stereocenters. The molecule has 6 rings (SSSR count). The largest absolute Gasteiger partial charge is 0.454 e. The molecule has 1 saturated heterocycles. The molecule has 4 aromatic carbocycles. The maximum Gasteiger partial charge on any atom is 0.250 e. The number of primary amides is 1. The Balaban J connectivity index is 1.38. The van der Waals surface area contributed by atoms with Gasteiger partial charge in [0.1, 0.15) is 12.1 Å². The summed E-state index contributed by atoms with van der Waals surface area (Å²) < 4.78 is 10.9. The summed E-state index contributed by atoms with van der Waals surface area (Å²) in [6.07, 6.45) is 0.692. The Morgan fingerprint density at radius 3 is 2.59 bits per heavy atom. The molecular formula is C35H32N4O5. The molecule has 9 nitrogen and oxygen atoms in total. The van der Waals surface area contributed by atoms with Crippen molar-refractivity contribution in [2.45, 2.75) is 44.3 Å². The van der Waals surface area contributed by atoms with Crippen LogP contribution in [0.3, 0.4) is 0 Å². The smallest absolute Gasteiger partial charge is 0.250 e. The van der Waals surface area contributed by atoms with Crippen LogP contribution in [0.25, 0.3) is 10.8 Å². The number of hydrogen-bond acceptors (Lipinski definition) is 6. The number of nitrogens with two attached hydrogens (primary N) is 1. The first-order valence-corrected chi connectivity index (χ1v) is 14.6. The van der Waals surface area contributed by atoms with E-state index in [-0.39, 0.29) is 38.1 Å². The van der Waals surface area contributed by atoms with Gasteiger partial charge in [0.05, 0.1) is 18.1 Å². The Bertz CT molecular complexity index is 1790. The lowest BCUT2D eigenvalue weighted by Gasteiger charge is -2.36. The predicted molar refractivity (Wildman–Crippen MR) is 163 cm³/mol. The molecule has 0 saturated carbocycles. The van der Waals surface area contributed by atoms with E-state index in [9.17, 15) is 19.6 Å². The summed E-state index contributed by atoms with van der Waals surface area (Å²) in [5.41, 5.74) is 8.48. The molecule has 2 aliphatic rings. The van der Waals surface area contributed by atoms with Crippen LogP contribution in [-0.2, 0) is 27.2 Å². The second-order valence-corrected chi connectivity index (χ2v) is 11.2. The standard InChI is InChI=1S/C35H32N4O5/c1-22-14-15-38(29(34(37)41)19-26-9-5-8-25-7-2-3-11-28(25)26)35(42)33(27-10-4-6-24(16-27)20-36)39(22)32(40)18-23-12-13-30-31(17-23)44-21-43-30/h2-13,16-17,22,29,33H,14-15,18-19,21H2,1H3,(H2,37,41)/t22-,29-,33+/m1/s1. The molecule has 0 radical (unpaired) electrons. The SMILES string of the molecule is C[C@@H]1CCN([C@H](Cc2cccc3ccccc23)C(N)=O)C(=O)[C@H](c2cccc(C#N)c2)N1C(=O)Cc1ccc2c(c1)OCO2. The van der Waals surface area contributed by atoms with E-state index < -0.39 is 23.9 Å². The van der Waals surface area contributed by atoms with Crippen molar-refractivity contribution in [1.82, 2.24) is 9.80 Å². The van der Waals surface area contributed by atoms with Crippen LogP contribution in [0.15, 0.2) is 84.9 Å². The summed E-state index contributed by atoms with van der Waals surface area (Å²) in [5, 5.41) is 11.6. The Hall–Kier alpha value is -5.36. The number of rotatable bonds is 7. The van der Waals surface area contributed by atoms with E-state index in [1.54, 1.807) is 47.4 Å². The highest BCUT2D eigenvalue weighted by molar-refractivity contribution is 5.94. The number of ether oxygens (including phenoxy) is 2. The molecule has 1 fully saturated rings. The molecular weight excluding hydrogens is 556 g/mol. The first-order valence-electron chi connectivity index (χ1n) is 14.6. The number of nitriles is 1. The zero-order chi connectivity index (χ0) is 30.8. The van der Waals surface area contributed by atoms with E-state index in [0.717, 1.165) is 21.9 Å². The van der Waals surface area contributed by atoms with Crippen LogP contribution in [0.5, 0.6) is 11.5 Å². The van der Waals surface area contributed by atoms with Crippen molar-refractivity contribution < 1.29 is 23.9 Å². The molecule has 3 amide bonds. The summed E-state index contributed by atoms with van der Waals surface area (Å²) in [7, 11) is 0. The van der Waals surface area contributed by atoms with Gasteiger partial charge in [0.15, 0.2) is 11.5 Å². The van der Waals surface area contributed by atoms with E-state index in [1.165, 1.54) is 4.90 Å². The molecule has 222 valence electrons. The lowest BCUT2D eigenvalue weighted by Crippen LogP contribution is -2.52. The van der Waals surface area contributed by atoms with Crippen LogP contribution >= 0.6 is 0 Å². The number of hydrogen-bond donors (Lipinski definition) is 1. The Kier molecular flexibility index (Phi) is 7.90. The van der Waals surface area contributed by atoms with Gasteiger partial charge in [-0.15, -0.1) is 0 Å². The number of carbonyl (C=O) groups is 3. The van der Waals surface area contributed by atoms with Crippen LogP contribution in [0.4, 0.5) is 0 Å². The van der Waals surface area contributed by atoms with Gasteiger partial charge >= 0.3 is 0 Å². The lowest BCUT2D eigenvalue weighted by atomic mass is 9.96. The molecule has 0 spiro atoms. The molecule has 2 N–H and O–H groups in total. The normalized spacial score (nSPS) is 18.5. The van der Waals surface area contributed by atoms with Crippen LogP contribution < -0.4 is 15.2 Å². The molecule has 3 atom stereocenters. The maximum atomic E-state index is 14.6. The number of carbonyl (C=O) groups excluding carboxylic acids is 3. The average Bonchev–Trinajstić information content (AvgIpc) is 3.46. The number of fused-ring (bicyclic) bond motifs is 2. The zero-order valence-corrected chi connectivity index (χ0v) is 24.3. The molecule has 2 heterocycles.